The summed E-state index contributed by atoms with van der Waals surface area (Å²) in [4.78, 5) is 18.4. The van der Waals surface area contributed by atoms with E-state index in [0.29, 0.717) is 30.0 Å². The first-order valence-electron chi connectivity index (χ1n) is 7.00. The Morgan fingerprint density at radius 1 is 1.38 bits per heavy atom. The largest absolute Gasteiger partial charge is 0.342 e. The predicted molar refractivity (Wildman–Crippen MR) is 81.9 cm³/mol. The Morgan fingerprint density at radius 3 is 2.62 bits per heavy atom. The Morgan fingerprint density at radius 2 is 2.05 bits per heavy atom. The maximum absolute atomic E-state index is 13.6. The van der Waals surface area contributed by atoms with Crippen LogP contribution in [-0.4, -0.2) is 33.4 Å². The number of imidazole rings is 1. The number of amides is 1. The molecule has 2 aromatic rings. The first kappa shape index (κ1) is 15.8. The van der Waals surface area contributed by atoms with Crippen molar-refractivity contribution >= 4 is 28.5 Å². The molecule has 114 valence electrons. The third kappa shape index (κ3) is 3.02. The third-order valence-electron chi connectivity index (χ3n) is 3.64. The predicted octanol–water partition coefficient (Wildman–Crippen LogP) is 3.09. The molecule has 4 nitrogen and oxygen atoms in total. The number of hydrogen-bond acceptors (Lipinski definition) is 2. The third-order valence-corrected chi connectivity index (χ3v) is 3.88. The molecule has 0 N–H and O–H groups in total. The topological polar surface area (TPSA) is 38.1 Å². The van der Waals surface area contributed by atoms with Gasteiger partial charge in [0.1, 0.15) is 18.2 Å². The first-order valence-corrected chi connectivity index (χ1v) is 7.54. The van der Waals surface area contributed by atoms with E-state index in [9.17, 15) is 9.18 Å². The van der Waals surface area contributed by atoms with Crippen LogP contribution >= 0.6 is 11.6 Å². The minimum atomic E-state index is -0.302. The van der Waals surface area contributed by atoms with Crippen molar-refractivity contribution in [3.8, 4) is 0 Å². The van der Waals surface area contributed by atoms with E-state index in [2.05, 4.69) is 4.98 Å². The van der Waals surface area contributed by atoms with E-state index in [0.717, 1.165) is 5.52 Å². The number of halogens is 2. The van der Waals surface area contributed by atoms with Gasteiger partial charge in [0.05, 0.1) is 16.9 Å². The molecule has 1 aromatic carbocycles. The Bertz CT molecular complexity index is 664. The molecular formula is C15H19ClFN3O. The van der Waals surface area contributed by atoms with Gasteiger partial charge >= 0.3 is 0 Å². The summed E-state index contributed by atoms with van der Waals surface area (Å²) in [5, 5.41) is 0. The van der Waals surface area contributed by atoms with Gasteiger partial charge in [0, 0.05) is 19.2 Å². The Hall–Kier alpha value is -1.62. The standard InChI is InChI=1S/C15H19ClFN3O/c1-4-19(5-2)15(21)9-20-13-6-10(3)11(17)7-12(13)18-14(20)8-16/h6-7H,4-5,8-9H2,1-3H3. The van der Waals surface area contributed by atoms with Crippen LogP contribution in [0.4, 0.5) is 4.39 Å². The van der Waals surface area contributed by atoms with Gasteiger partial charge in [-0.2, -0.15) is 0 Å². The fourth-order valence-electron chi connectivity index (χ4n) is 2.39. The molecule has 0 unspecified atom stereocenters. The molecule has 0 bridgehead atoms. The second kappa shape index (κ2) is 6.43. The summed E-state index contributed by atoms with van der Waals surface area (Å²) in [5.41, 5.74) is 1.80. The maximum atomic E-state index is 13.6. The van der Waals surface area contributed by atoms with Gasteiger partial charge in [-0.05, 0) is 32.4 Å². The molecule has 1 aromatic heterocycles. The van der Waals surface area contributed by atoms with Gasteiger partial charge in [0.25, 0.3) is 0 Å². The maximum Gasteiger partial charge on any atom is 0.242 e. The van der Waals surface area contributed by atoms with E-state index in [1.165, 1.54) is 6.07 Å². The zero-order chi connectivity index (χ0) is 15.6. The van der Waals surface area contributed by atoms with Crippen molar-refractivity contribution in [1.82, 2.24) is 14.5 Å². The van der Waals surface area contributed by atoms with Gasteiger partial charge in [-0.25, -0.2) is 9.37 Å². The molecule has 0 atom stereocenters. The number of carbonyl (C=O) groups excluding carboxylic acids is 1. The average molecular weight is 312 g/mol. The zero-order valence-corrected chi connectivity index (χ0v) is 13.2. The highest BCUT2D eigenvalue weighted by atomic mass is 35.5. The molecule has 0 aliphatic carbocycles. The molecule has 0 saturated heterocycles. The van der Waals surface area contributed by atoms with E-state index in [1.807, 2.05) is 13.8 Å². The lowest BCUT2D eigenvalue weighted by Gasteiger charge is -2.19. The number of benzene rings is 1. The Kier molecular flexibility index (Phi) is 4.83. The summed E-state index contributed by atoms with van der Waals surface area (Å²) in [7, 11) is 0. The van der Waals surface area contributed by atoms with Crippen LogP contribution in [0.15, 0.2) is 12.1 Å². The van der Waals surface area contributed by atoms with Crippen LogP contribution in [0, 0.1) is 12.7 Å². The molecular weight excluding hydrogens is 293 g/mol. The van der Waals surface area contributed by atoms with Gasteiger partial charge in [0.15, 0.2) is 0 Å². The van der Waals surface area contributed by atoms with Crippen molar-refractivity contribution in [1.29, 1.82) is 0 Å². The summed E-state index contributed by atoms with van der Waals surface area (Å²) in [6.07, 6.45) is 0. The molecule has 6 heteroatoms. The Balaban J connectivity index is 2.46. The van der Waals surface area contributed by atoms with Crippen molar-refractivity contribution < 1.29 is 9.18 Å². The molecule has 0 saturated carbocycles. The second-order valence-corrected chi connectivity index (χ2v) is 5.17. The lowest BCUT2D eigenvalue weighted by Crippen LogP contribution is -2.33. The molecule has 0 fully saturated rings. The molecule has 21 heavy (non-hydrogen) atoms. The van der Waals surface area contributed by atoms with E-state index in [1.54, 1.807) is 22.5 Å². The summed E-state index contributed by atoms with van der Waals surface area (Å²) in [6, 6.07) is 3.10. The van der Waals surface area contributed by atoms with Crippen LogP contribution in [0.2, 0.25) is 0 Å². The molecule has 1 amide bonds. The van der Waals surface area contributed by atoms with Crippen LogP contribution in [-0.2, 0) is 17.2 Å². The van der Waals surface area contributed by atoms with Crippen LogP contribution < -0.4 is 0 Å². The summed E-state index contributed by atoms with van der Waals surface area (Å²) >= 11 is 5.91. The quantitative estimate of drug-likeness (QED) is 0.796. The van der Waals surface area contributed by atoms with E-state index in [-0.39, 0.29) is 24.1 Å². The van der Waals surface area contributed by atoms with Crippen LogP contribution in [0.3, 0.4) is 0 Å². The number of fused-ring (bicyclic) bond motifs is 1. The highest BCUT2D eigenvalue weighted by molar-refractivity contribution is 6.16. The number of likely N-dealkylation sites (N-methyl/N-ethyl adjacent to an activating group) is 1. The first-order chi connectivity index (χ1) is 10.0. The second-order valence-electron chi connectivity index (χ2n) is 4.90. The van der Waals surface area contributed by atoms with Gasteiger partial charge in [0.2, 0.25) is 5.91 Å². The summed E-state index contributed by atoms with van der Waals surface area (Å²) in [6.45, 7) is 7.06. The van der Waals surface area contributed by atoms with Crippen LogP contribution in [0.1, 0.15) is 25.2 Å². The SMILES string of the molecule is CCN(CC)C(=O)Cn1c(CCl)nc2cc(F)c(C)cc21. The van der Waals surface area contributed by atoms with Crippen LogP contribution in [0.25, 0.3) is 11.0 Å². The lowest BCUT2D eigenvalue weighted by molar-refractivity contribution is -0.131. The van der Waals surface area contributed by atoms with Crippen molar-refractivity contribution in [3.63, 3.8) is 0 Å². The van der Waals surface area contributed by atoms with Gasteiger partial charge in [-0.3, -0.25) is 4.79 Å². The fraction of sp³-hybridized carbons (Fsp3) is 0.467. The van der Waals surface area contributed by atoms with Crippen LogP contribution in [0.5, 0.6) is 0 Å². The van der Waals surface area contributed by atoms with Crippen molar-refractivity contribution in [2.75, 3.05) is 13.1 Å². The fourth-order valence-corrected chi connectivity index (χ4v) is 2.59. The van der Waals surface area contributed by atoms with Crippen molar-refractivity contribution in [3.05, 3.63) is 29.3 Å². The monoisotopic (exact) mass is 311 g/mol. The Labute approximate surface area is 128 Å². The van der Waals surface area contributed by atoms with Gasteiger partial charge in [-0.15, -0.1) is 11.6 Å². The molecule has 0 aliphatic heterocycles. The van der Waals surface area contributed by atoms with Gasteiger partial charge in [-0.1, -0.05) is 0 Å². The molecule has 0 radical (unpaired) electrons. The van der Waals surface area contributed by atoms with Gasteiger partial charge < -0.3 is 9.47 Å². The number of carbonyl (C=O) groups is 1. The summed E-state index contributed by atoms with van der Waals surface area (Å²) in [5.74, 6) is 0.467. The lowest BCUT2D eigenvalue weighted by atomic mass is 10.2. The molecule has 2 rings (SSSR count). The molecule has 0 aliphatic rings. The number of aromatic nitrogens is 2. The van der Waals surface area contributed by atoms with E-state index >= 15 is 0 Å². The number of hydrogen-bond donors (Lipinski definition) is 0. The highest BCUT2D eigenvalue weighted by Crippen LogP contribution is 2.21. The average Bonchev–Trinajstić information content (AvgIpc) is 2.78. The van der Waals surface area contributed by atoms with E-state index < -0.39 is 0 Å². The number of alkyl halides is 1. The zero-order valence-electron chi connectivity index (χ0n) is 12.5. The van der Waals surface area contributed by atoms with Crippen molar-refractivity contribution in [2.45, 2.75) is 33.2 Å². The number of nitrogens with zero attached hydrogens (tertiary/aromatic N) is 3. The smallest absolute Gasteiger partial charge is 0.242 e. The minimum Gasteiger partial charge on any atom is -0.342 e. The minimum absolute atomic E-state index is 0.00708. The number of rotatable bonds is 5. The number of aryl methyl sites for hydroxylation is 1. The normalized spacial score (nSPS) is 11.1. The molecule has 0 spiro atoms. The van der Waals surface area contributed by atoms with Crippen molar-refractivity contribution in [2.24, 2.45) is 0 Å². The summed E-state index contributed by atoms with van der Waals surface area (Å²) < 4.78 is 15.4. The molecule has 1 heterocycles. The highest BCUT2D eigenvalue weighted by Gasteiger charge is 2.17. The van der Waals surface area contributed by atoms with E-state index in [4.69, 9.17) is 11.6 Å².